The van der Waals surface area contributed by atoms with Crippen LogP contribution in [0.1, 0.15) is 25.0 Å². The number of para-hydroxylation sites is 1. The summed E-state index contributed by atoms with van der Waals surface area (Å²) in [6.45, 7) is 4.72. The Bertz CT molecular complexity index is 3160. The minimum absolute atomic E-state index is 0.127. The lowest BCUT2D eigenvalue weighted by atomic mass is 9.82. The normalized spacial score (nSPS) is 12.7. The largest absolute Gasteiger partial charge is 0.310 e. The van der Waals surface area contributed by atoms with Crippen molar-refractivity contribution in [2.24, 2.45) is 0 Å². The molecule has 280 valence electrons. The minimum Gasteiger partial charge on any atom is -0.310 e. The van der Waals surface area contributed by atoms with E-state index in [9.17, 15) is 0 Å². The highest BCUT2D eigenvalue weighted by atomic mass is 15.1. The molecule has 0 unspecified atom stereocenters. The zero-order valence-electron chi connectivity index (χ0n) is 33.2. The first kappa shape index (κ1) is 34.8. The van der Waals surface area contributed by atoms with Crippen LogP contribution in [0.2, 0.25) is 0 Å². The molecule has 0 saturated heterocycles. The quantitative estimate of drug-likeness (QED) is 0.157. The number of anilines is 3. The topological polar surface area (TPSA) is 8.17 Å². The van der Waals surface area contributed by atoms with Crippen molar-refractivity contribution in [3.63, 3.8) is 0 Å². The van der Waals surface area contributed by atoms with Crippen molar-refractivity contribution < 1.29 is 0 Å². The van der Waals surface area contributed by atoms with Gasteiger partial charge in [0.15, 0.2) is 0 Å². The molecular weight excluding hydrogens is 713 g/mol. The fraction of sp³-hybridized carbons (Fsp3) is 0.0526. The van der Waals surface area contributed by atoms with Gasteiger partial charge >= 0.3 is 0 Å². The first-order valence-electron chi connectivity index (χ1n) is 20.5. The van der Waals surface area contributed by atoms with Crippen LogP contribution < -0.4 is 4.90 Å². The summed E-state index contributed by atoms with van der Waals surface area (Å²) in [4.78, 5) is 2.45. The molecule has 2 nitrogen and oxygen atoms in total. The molecule has 1 aliphatic carbocycles. The maximum absolute atomic E-state index is 2.45. The highest BCUT2D eigenvalue weighted by Crippen LogP contribution is 2.51. The number of aromatic nitrogens is 1. The average molecular weight is 755 g/mol. The Morgan fingerprint density at radius 1 is 0.356 bits per heavy atom. The van der Waals surface area contributed by atoms with Gasteiger partial charge in [-0.15, -0.1) is 0 Å². The van der Waals surface area contributed by atoms with Crippen molar-refractivity contribution in [2.45, 2.75) is 19.3 Å². The Kier molecular flexibility index (Phi) is 8.20. The summed E-state index contributed by atoms with van der Waals surface area (Å²) < 4.78 is 2.42. The van der Waals surface area contributed by atoms with Gasteiger partial charge in [-0.05, 0) is 116 Å². The van der Waals surface area contributed by atoms with Crippen molar-refractivity contribution in [1.82, 2.24) is 4.57 Å². The zero-order chi connectivity index (χ0) is 39.5. The molecule has 59 heavy (non-hydrogen) atoms. The standard InChI is InChI=1S/C57H42N2/c1-57(2)52-26-13-12-24-49(52)50-34-32-47(38-53(50)57)58(45-23-14-20-43(36-45)40-18-8-4-9-19-40)46-33-35-54-51(37-46)56-48(25-15-27-55(56)59(54)44-21-10-5-11-22-44)42-30-28-41(29-31-42)39-16-6-3-7-17-39/h3-38H,1-2H3. The Morgan fingerprint density at radius 3 is 1.66 bits per heavy atom. The minimum atomic E-state index is -0.127. The molecule has 0 amide bonds. The number of hydrogen-bond donors (Lipinski definition) is 0. The van der Waals surface area contributed by atoms with E-state index in [1.807, 2.05) is 0 Å². The van der Waals surface area contributed by atoms with Gasteiger partial charge in [0, 0.05) is 38.9 Å². The van der Waals surface area contributed by atoms with Crippen LogP contribution in [0.25, 0.3) is 72.0 Å². The van der Waals surface area contributed by atoms with E-state index in [-0.39, 0.29) is 5.41 Å². The third-order valence-electron chi connectivity index (χ3n) is 12.4. The van der Waals surface area contributed by atoms with Crippen LogP contribution in [0.5, 0.6) is 0 Å². The summed E-state index contributed by atoms with van der Waals surface area (Å²) in [6, 6.07) is 79.9. The molecule has 0 fully saturated rings. The Labute approximate surface area is 345 Å². The molecular formula is C57H42N2. The molecule has 10 aromatic rings. The van der Waals surface area contributed by atoms with Gasteiger partial charge < -0.3 is 9.47 Å². The smallest absolute Gasteiger partial charge is 0.0547 e. The summed E-state index contributed by atoms with van der Waals surface area (Å²) in [5.74, 6) is 0. The molecule has 0 radical (unpaired) electrons. The highest BCUT2D eigenvalue weighted by Gasteiger charge is 2.36. The molecule has 0 bridgehead atoms. The molecule has 1 aliphatic rings. The highest BCUT2D eigenvalue weighted by molar-refractivity contribution is 6.17. The van der Waals surface area contributed by atoms with E-state index in [4.69, 9.17) is 0 Å². The van der Waals surface area contributed by atoms with Gasteiger partial charge in [-0.2, -0.15) is 0 Å². The van der Waals surface area contributed by atoms with E-state index < -0.39 is 0 Å². The van der Waals surface area contributed by atoms with Crippen LogP contribution >= 0.6 is 0 Å². The van der Waals surface area contributed by atoms with Crippen LogP contribution in [-0.4, -0.2) is 4.57 Å². The summed E-state index contributed by atoms with van der Waals surface area (Å²) in [5, 5.41) is 2.45. The summed E-state index contributed by atoms with van der Waals surface area (Å²) in [5.41, 5.74) is 19.3. The molecule has 1 aromatic heterocycles. The van der Waals surface area contributed by atoms with Gasteiger partial charge in [0.05, 0.1) is 11.0 Å². The van der Waals surface area contributed by atoms with Crippen molar-refractivity contribution >= 4 is 38.9 Å². The second-order valence-electron chi connectivity index (χ2n) is 16.2. The predicted molar refractivity (Wildman–Crippen MR) is 249 cm³/mol. The van der Waals surface area contributed by atoms with Gasteiger partial charge in [-0.3, -0.25) is 0 Å². The SMILES string of the molecule is CC1(C)c2ccccc2-c2ccc(N(c3cccc(-c4ccccc4)c3)c3ccc4c(c3)c3c(-c5ccc(-c6ccccc6)cc5)cccc3n4-c3ccccc3)cc21. The molecule has 0 atom stereocenters. The Morgan fingerprint density at radius 2 is 0.898 bits per heavy atom. The van der Waals surface area contributed by atoms with Gasteiger partial charge in [0.1, 0.15) is 0 Å². The third kappa shape index (κ3) is 5.79. The van der Waals surface area contributed by atoms with Gasteiger partial charge in [0.2, 0.25) is 0 Å². The molecule has 0 aliphatic heterocycles. The van der Waals surface area contributed by atoms with Crippen LogP contribution in [0.15, 0.2) is 218 Å². The van der Waals surface area contributed by atoms with E-state index in [1.54, 1.807) is 0 Å². The third-order valence-corrected chi connectivity index (χ3v) is 12.4. The van der Waals surface area contributed by atoms with Crippen molar-refractivity contribution in [1.29, 1.82) is 0 Å². The number of rotatable bonds is 7. The fourth-order valence-corrected chi connectivity index (χ4v) is 9.50. The van der Waals surface area contributed by atoms with E-state index in [0.29, 0.717) is 0 Å². The second-order valence-corrected chi connectivity index (χ2v) is 16.2. The molecule has 0 spiro atoms. The van der Waals surface area contributed by atoms with Gasteiger partial charge in [-0.1, -0.05) is 172 Å². The summed E-state index contributed by atoms with van der Waals surface area (Å²) in [7, 11) is 0. The van der Waals surface area contributed by atoms with Gasteiger partial charge in [-0.25, -0.2) is 0 Å². The van der Waals surface area contributed by atoms with Crippen LogP contribution in [0.4, 0.5) is 17.1 Å². The fourth-order valence-electron chi connectivity index (χ4n) is 9.50. The summed E-state index contributed by atoms with van der Waals surface area (Å²) in [6.07, 6.45) is 0. The summed E-state index contributed by atoms with van der Waals surface area (Å²) >= 11 is 0. The number of fused-ring (bicyclic) bond motifs is 6. The van der Waals surface area contributed by atoms with E-state index in [0.717, 1.165) is 22.7 Å². The molecule has 2 heteroatoms. The maximum Gasteiger partial charge on any atom is 0.0547 e. The molecule has 1 heterocycles. The molecule has 9 aromatic carbocycles. The first-order valence-corrected chi connectivity index (χ1v) is 20.5. The van der Waals surface area contributed by atoms with Crippen molar-refractivity contribution in [2.75, 3.05) is 4.90 Å². The number of nitrogens with zero attached hydrogens (tertiary/aromatic N) is 2. The van der Waals surface area contributed by atoms with E-state index in [2.05, 4.69) is 242 Å². The monoisotopic (exact) mass is 754 g/mol. The predicted octanol–water partition coefficient (Wildman–Crippen LogP) is 15.6. The van der Waals surface area contributed by atoms with E-state index in [1.165, 1.54) is 77.4 Å². The van der Waals surface area contributed by atoms with Crippen LogP contribution in [-0.2, 0) is 5.41 Å². The number of hydrogen-bond acceptors (Lipinski definition) is 1. The molecule has 0 saturated carbocycles. The second kappa shape index (κ2) is 13.9. The van der Waals surface area contributed by atoms with Gasteiger partial charge in [0.25, 0.3) is 0 Å². The average Bonchev–Trinajstić information content (AvgIpc) is 3.75. The van der Waals surface area contributed by atoms with Crippen LogP contribution in [0.3, 0.4) is 0 Å². The van der Waals surface area contributed by atoms with Crippen molar-refractivity contribution in [3.05, 3.63) is 230 Å². The lowest BCUT2D eigenvalue weighted by Gasteiger charge is -2.28. The molecule has 11 rings (SSSR count). The molecule has 0 N–H and O–H groups in total. The van der Waals surface area contributed by atoms with Crippen LogP contribution in [0, 0.1) is 0 Å². The van der Waals surface area contributed by atoms with Crippen molar-refractivity contribution in [3.8, 4) is 50.2 Å². The Balaban J connectivity index is 1.15. The van der Waals surface area contributed by atoms with E-state index >= 15 is 0 Å². The Hall–Kier alpha value is -7.42. The zero-order valence-corrected chi connectivity index (χ0v) is 33.2. The lowest BCUT2D eigenvalue weighted by molar-refractivity contribution is 0.660. The maximum atomic E-state index is 2.45. The first-order chi connectivity index (χ1) is 29.0. The lowest BCUT2D eigenvalue weighted by Crippen LogP contribution is -2.16. The number of benzene rings is 9.